The summed E-state index contributed by atoms with van der Waals surface area (Å²) in [6.07, 6.45) is 6.30. The first kappa shape index (κ1) is 13.7. The van der Waals surface area contributed by atoms with Crippen molar-refractivity contribution in [2.75, 3.05) is 6.54 Å². The average molecular weight is 288 g/mol. The molecule has 1 aliphatic carbocycles. The van der Waals surface area contributed by atoms with Crippen LogP contribution in [0.1, 0.15) is 48.8 Å². The maximum absolute atomic E-state index is 11.7. The summed E-state index contributed by atoms with van der Waals surface area (Å²) in [5, 5.41) is 10.6. The zero-order valence-electron chi connectivity index (χ0n) is 10.5. The van der Waals surface area contributed by atoms with Gasteiger partial charge in [-0.15, -0.1) is 10.2 Å². The van der Waals surface area contributed by atoms with Crippen LogP contribution in [-0.4, -0.2) is 22.6 Å². The highest BCUT2D eigenvalue weighted by Crippen LogP contribution is 2.29. The molecule has 6 heteroatoms. The van der Waals surface area contributed by atoms with Gasteiger partial charge in [-0.3, -0.25) is 4.79 Å². The van der Waals surface area contributed by atoms with Gasteiger partial charge in [-0.25, -0.2) is 0 Å². The Kier molecular flexibility index (Phi) is 4.95. The Hall–Kier alpha value is -0.680. The molecular formula is C12H18ClN3OS. The zero-order chi connectivity index (χ0) is 13.0. The first-order valence-corrected chi connectivity index (χ1v) is 7.62. The van der Waals surface area contributed by atoms with Crippen LogP contribution in [0.5, 0.6) is 0 Å². The van der Waals surface area contributed by atoms with Crippen molar-refractivity contribution in [3.05, 3.63) is 9.47 Å². The van der Waals surface area contributed by atoms with Crippen molar-refractivity contribution < 1.29 is 4.79 Å². The summed E-state index contributed by atoms with van der Waals surface area (Å²) in [5.74, 6) is 1.47. The van der Waals surface area contributed by atoms with Crippen molar-refractivity contribution in [1.82, 2.24) is 15.5 Å². The summed E-state index contributed by atoms with van der Waals surface area (Å²) in [7, 11) is 0. The second kappa shape index (κ2) is 6.48. The summed E-state index contributed by atoms with van der Waals surface area (Å²) in [5.41, 5.74) is 0. The minimum atomic E-state index is -0.163. The SMILES string of the molecule is CC1CCC(CCNC(=O)c2nnc(Cl)s2)CC1. The standard InChI is InChI=1S/C12H18ClN3OS/c1-8-2-4-9(5-3-8)6-7-14-10(17)11-15-16-12(13)18-11/h8-9H,2-7H2,1H3,(H,14,17). The average Bonchev–Trinajstić information content (AvgIpc) is 2.78. The molecule has 1 aromatic heterocycles. The minimum Gasteiger partial charge on any atom is -0.350 e. The molecule has 1 fully saturated rings. The van der Waals surface area contributed by atoms with E-state index in [1.54, 1.807) is 0 Å². The van der Waals surface area contributed by atoms with Crippen molar-refractivity contribution in [2.24, 2.45) is 11.8 Å². The molecule has 1 N–H and O–H groups in total. The van der Waals surface area contributed by atoms with Crippen molar-refractivity contribution in [1.29, 1.82) is 0 Å². The van der Waals surface area contributed by atoms with E-state index in [0.29, 0.717) is 9.47 Å². The van der Waals surface area contributed by atoms with Crippen LogP contribution in [0.25, 0.3) is 0 Å². The van der Waals surface area contributed by atoms with Gasteiger partial charge in [0.25, 0.3) is 5.91 Å². The van der Waals surface area contributed by atoms with Crippen LogP contribution in [0.15, 0.2) is 0 Å². The van der Waals surface area contributed by atoms with E-state index < -0.39 is 0 Å². The van der Waals surface area contributed by atoms with Gasteiger partial charge in [0.05, 0.1) is 0 Å². The van der Waals surface area contributed by atoms with E-state index in [4.69, 9.17) is 11.6 Å². The molecule has 1 saturated carbocycles. The van der Waals surface area contributed by atoms with E-state index in [2.05, 4.69) is 22.4 Å². The third-order valence-corrected chi connectivity index (χ3v) is 4.59. The molecule has 4 nitrogen and oxygen atoms in total. The van der Waals surface area contributed by atoms with Gasteiger partial charge in [0.2, 0.25) is 9.47 Å². The minimum absolute atomic E-state index is 0.163. The normalized spacial score (nSPS) is 23.9. The second-order valence-corrected chi connectivity index (χ2v) is 6.59. The Morgan fingerprint density at radius 1 is 1.39 bits per heavy atom. The molecule has 2 rings (SSSR count). The monoisotopic (exact) mass is 287 g/mol. The number of carbonyl (C=O) groups excluding carboxylic acids is 1. The van der Waals surface area contributed by atoms with Gasteiger partial charge in [0.1, 0.15) is 0 Å². The summed E-state index contributed by atoms with van der Waals surface area (Å²) in [6, 6.07) is 0. The summed E-state index contributed by atoms with van der Waals surface area (Å²) in [4.78, 5) is 11.7. The number of halogens is 1. The van der Waals surface area contributed by atoms with Gasteiger partial charge in [-0.05, 0) is 29.9 Å². The van der Waals surface area contributed by atoms with Gasteiger partial charge < -0.3 is 5.32 Å². The van der Waals surface area contributed by atoms with Crippen LogP contribution < -0.4 is 5.32 Å². The smallest absolute Gasteiger partial charge is 0.282 e. The molecule has 1 aromatic rings. The van der Waals surface area contributed by atoms with Crippen molar-refractivity contribution in [2.45, 2.75) is 39.0 Å². The first-order chi connectivity index (χ1) is 8.65. The topological polar surface area (TPSA) is 54.9 Å². The molecule has 0 saturated heterocycles. The molecule has 100 valence electrons. The highest BCUT2D eigenvalue weighted by atomic mass is 35.5. The van der Waals surface area contributed by atoms with Crippen molar-refractivity contribution >= 4 is 28.8 Å². The van der Waals surface area contributed by atoms with Gasteiger partial charge in [-0.1, -0.05) is 43.9 Å². The van der Waals surface area contributed by atoms with Crippen molar-refractivity contribution in [3.8, 4) is 0 Å². The van der Waals surface area contributed by atoms with Crippen LogP contribution >= 0.6 is 22.9 Å². The number of hydrogen-bond acceptors (Lipinski definition) is 4. The fourth-order valence-electron chi connectivity index (χ4n) is 2.38. The summed E-state index contributed by atoms with van der Waals surface area (Å²) < 4.78 is 0.307. The van der Waals surface area contributed by atoms with E-state index in [1.807, 2.05) is 0 Å². The van der Waals surface area contributed by atoms with E-state index >= 15 is 0 Å². The largest absolute Gasteiger partial charge is 0.350 e. The predicted molar refractivity (Wildman–Crippen MR) is 73.0 cm³/mol. The molecule has 0 spiro atoms. The predicted octanol–water partition coefficient (Wildman–Crippen LogP) is 3.14. The molecule has 1 amide bonds. The number of rotatable bonds is 4. The third-order valence-electron chi connectivity index (χ3n) is 3.57. The molecular weight excluding hydrogens is 270 g/mol. The summed E-state index contributed by atoms with van der Waals surface area (Å²) >= 11 is 6.75. The number of nitrogens with one attached hydrogen (secondary N) is 1. The Labute approximate surface area is 116 Å². The van der Waals surface area contributed by atoms with Crippen LogP contribution in [0.2, 0.25) is 4.47 Å². The number of nitrogens with zero attached hydrogens (tertiary/aromatic N) is 2. The number of amides is 1. The summed E-state index contributed by atoms with van der Waals surface area (Å²) in [6.45, 7) is 3.03. The van der Waals surface area contributed by atoms with E-state index in [-0.39, 0.29) is 5.91 Å². The Morgan fingerprint density at radius 3 is 2.72 bits per heavy atom. The first-order valence-electron chi connectivity index (χ1n) is 6.42. The fourth-order valence-corrected chi connectivity index (χ4v) is 3.13. The highest BCUT2D eigenvalue weighted by Gasteiger charge is 2.18. The molecule has 0 bridgehead atoms. The zero-order valence-corrected chi connectivity index (χ0v) is 12.1. The molecule has 0 aromatic carbocycles. The van der Waals surface area contributed by atoms with Crippen LogP contribution in [0.3, 0.4) is 0 Å². The quantitative estimate of drug-likeness (QED) is 0.925. The molecule has 1 heterocycles. The molecule has 0 aliphatic heterocycles. The van der Waals surface area contributed by atoms with E-state index in [0.717, 1.165) is 36.1 Å². The maximum atomic E-state index is 11.7. The lowest BCUT2D eigenvalue weighted by Crippen LogP contribution is -2.26. The number of aromatic nitrogens is 2. The van der Waals surface area contributed by atoms with Gasteiger partial charge in [0.15, 0.2) is 0 Å². The lowest BCUT2D eigenvalue weighted by atomic mass is 9.81. The molecule has 18 heavy (non-hydrogen) atoms. The Balaban J connectivity index is 1.67. The lowest BCUT2D eigenvalue weighted by molar-refractivity contribution is 0.0948. The highest BCUT2D eigenvalue weighted by molar-refractivity contribution is 7.17. The maximum Gasteiger partial charge on any atom is 0.282 e. The van der Waals surface area contributed by atoms with Crippen LogP contribution in [0.4, 0.5) is 0 Å². The van der Waals surface area contributed by atoms with Crippen molar-refractivity contribution in [3.63, 3.8) is 0 Å². The second-order valence-electron chi connectivity index (χ2n) is 5.03. The lowest BCUT2D eigenvalue weighted by Gasteiger charge is -2.25. The Bertz CT molecular complexity index is 402. The van der Waals surface area contributed by atoms with Crippen LogP contribution in [0, 0.1) is 11.8 Å². The molecule has 0 atom stereocenters. The number of hydrogen-bond donors (Lipinski definition) is 1. The molecule has 1 aliphatic rings. The molecule has 0 radical (unpaired) electrons. The van der Waals surface area contributed by atoms with E-state index in [1.165, 1.54) is 25.7 Å². The van der Waals surface area contributed by atoms with E-state index in [9.17, 15) is 4.79 Å². The molecule has 0 unspecified atom stereocenters. The number of carbonyl (C=O) groups is 1. The van der Waals surface area contributed by atoms with Gasteiger partial charge in [-0.2, -0.15) is 0 Å². The third kappa shape index (κ3) is 3.92. The van der Waals surface area contributed by atoms with Gasteiger partial charge >= 0.3 is 0 Å². The Morgan fingerprint density at radius 2 is 2.11 bits per heavy atom. The van der Waals surface area contributed by atoms with Crippen LogP contribution in [-0.2, 0) is 0 Å². The fraction of sp³-hybridized carbons (Fsp3) is 0.750. The van der Waals surface area contributed by atoms with Gasteiger partial charge in [0, 0.05) is 6.54 Å².